The van der Waals surface area contributed by atoms with Crippen LogP contribution in [0.15, 0.2) is 12.1 Å². The Labute approximate surface area is 91.6 Å². The summed E-state index contributed by atoms with van der Waals surface area (Å²) in [5, 5.41) is 3.54. The van der Waals surface area contributed by atoms with E-state index in [0.717, 1.165) is 12.3 Å². The molecule has 0 saturated carbocycles. The number of benzene rings is 1. The van der Waals surface area contributed by atoms with Crippen molar-refractivity contribution >= 4 is 0 Å². The maximum absolute atomic E-state index is 5.32. The first kappa shape index (κ1) is 10.5. The van der Waals surface area contributed by atoms with Gasteiger partial charge in [0.2, 0.25) is 0 Å². The van der Waals surface area contributed by atoms with E-state index in [9.17, 15) is 0 Å². The number of hydrogen-bond acceptors (Lipinski definition) is 2. The van der Waals surface area contributed by atoms with Crippen molar-refractivity contribution in [1.29, 1.82) is 0 Å². The average Bonchev–Trinajstić information content (AvgIpc) is 2.74. The Kier molecular flexibility index (Phi) is 2.96. The van der Waals surface area contributed by atoms with Gasteiger partial charge in [-0.3, -0.25) is 0 Å². The minimum atomic E-state index is 0.551. The molecule has 2 rings (SSSR count). The van der Waals surface area contributed by atoms with Crippen LogP contribution in [0.2, 0.25) is 0 Å². The first-order valence-electron chi connectivity index (χ1n) is 5.61. The maximum Gasteiger partial charge on any atom is 0.122 e. The van der Waals surface area contributed by atoms with Crippen LogP contribution in [-0.4, -0.2) is 13.7 Å². The Hall–Kier alpha value is -1.02. The number of methoxy groups -OCH3 is 1. The predicted octanol–water partition coefficient (Wildman–Crippen LogP) is 2.74. The zero-order valence-electron chi connectivity index (χ0n) is 9.76. The molecule has 0 bridgehead atoms. The van der Waals surface area contributed by atoms with Crippen molar-refractivity contribution in [3.63, 3.8) is 0 Å². The van der Waals surface area contributed by atoms with Crippen molar-refractivity contribution in [3.8, 4) is 5.75 Å². The van der Waals surface area contributed by atoms with E-state index in [0.29, 0.717) is 6.04 Å². The Morgan fingerprint density at radius 3 is 2.67 bits per heavy atom. The smallest absolute Gasteiger partial charge is 0.122 e. The molecule has 0 radical (unpaired) electrons. The van der Waals surface area contributed by atoms with Crippen LogP contribution >= 0.6 is 0 Å². The molecule has 0 aromatic heterocycles. The van der Waals surface area contributed by atoms with Crippen LogP contribution in [0.3, 0.4) is 0 Å². The molecule has 1 atom stereocenters. The van der Waals surface area contributed by atoms with E-state index in [1.165, 1.54) is 29.5 Å². The first-order valence-corrected chi connectivity index (χ1v) is 5.61. The quantitative estimate of drug-likeness (QED) is 0.801. The minimum absolute atomic E-state index is 0.551. The summed E-state index contributed by atoms with van der Waals surface area (Å²) < 4.78 is 5.32. The highest BCUT2D eigenvalue weighted by atomic mass is 16.5. The number of aryl methyl sites for hydroxylation is 2. The summed E-state index contributed by atoms with van der Waals surface area (Å²) in [7, 11) is 1.73. The number of hydrogen-bond donors (Lipinski definition) is 1. The van der Waals surface area contributed by atoms with Gasteiger partial charge in [-0.2, -0.15) is 0 Å². The second-order valence-corrected chi connectivity index (χ2v) is 4.33. The van der Waals surface area contributed by atoms with E-state index in [1.807, 2.05) is 0 Å². The summed E-state index contributed by atoms with van der Waals surface area (Å²) >= 11 is 0. The normalized spacial score (nSPS) is 20.6. The number of nitrogens with one attached hydrogen (secondary N) is 1. The molecule has 15 heavy (non-hydrogen) atoms. The van der Waals surface area contributed by atoms with Crippen molar-refractivity contribution < 1.29 is 4.74 Å². The molecule has 1 unspecified atom stereocenters. The zero-order chi connectivity index (χ0) is 10.8. The summed E-state index contributed by atoms with van der Waals surface area (Å²) in [6.45, 7) is 5.42. The molecular formula is C13H19NO. The molecular weight excluding hydrogens is 186 g/mol. The summed E-state index contributed by atoms with van der Waals surface area (Å²) in [6, 6.07) is 4.96. The van der Waals surface area contributed by atoms with Crippen LogP contribution in [0, 0.1) is 13.8 Å². The van der Waals surface area contributed by atoms with Gasteiger partial charge in [0.15, 0.2) is 0 Å². The van der Waals surface area contributed by atoms with Crippen LogP contribution in [0.5, 0.6) is 5.75 Å². The molecule has 2 nitrogen and oxygen atoms in total. The van der Waals surface area contributed by atoms with Gasteiger partial charge >= 0.3 is 0 Å². The molecule has 1 saturated heterocycles. The third-order valence-corrected chi connectivity index (χ3v) is 3.22. The molecule has 2 heteroatoms. The van der Waals surface area contributed by atoms with Crippen molar-refractivity contribution in [2.45, 2.75) is 32.7 Å². The Bertz CT molecular complexity index is 354. The zero-order valence-corrected chi connectivity index (χ0v) is 9.76. The molecule has 1 fully saturated rings. The lowest BCUT2D eigenvalue weighted by molar-refractivity contribution is 0.411. The molecule has 1 aliphatic rings. The largest absolute Gasteiger partial charge is 0.496 e. The molecule has 1 aromatic rings. The van der Waals surface area contributed by atoms with Crippen LogP contribution < -0.4 is 10.1 Å². The number of rotatable bonds is 2. The molecule has 82 valence electrons. The van der Waals surface area contributed by atoms with Crippen molar-refractivity contribution in [2.75, 3.05) is 13.7 Å². The SMILES string of the molecule is COc1cc(C)c(C2CCCN2)cc1C. The highest BCUT2D eigenvalue weighted by Gasteiger charge is 2.18. The van der Waals surface area contributed by atoms with Gasteiger partial charge in [0, 0.05) is 6.04 Å². The van der Waals surface area contributed by atoms with Gasteiger partial charge in [0.05, 0.1) is 7.11 Å². The van der Waals surface area contributed by atoms with E-state index in [1.54, 1.807) is 7.11 Å². The van der Waals surface area contributed by atoms with Crippen LogP contribution in [0.4, 0.5) is 0 Å². The molecule has 1 N–H and O–H groups in total. The second-order valence-electron chi connectivity index (χ2n) is 4.33. The summed E-state index contributed by atoms with van der Waals surface area (Å²) in [4.78, 5) is 0. The molecule has 0 amide bonds. The van der Waals surface area contributed by atoms with E-state index >= 15 is 0 Å². The molecule has 1 aromatic carbocycles. The highest BCUT2D eigenvalue weighted by molar-refractivity contribution is 5.43. The topological polar surface area (TPSA) is 21.3 Å². The monoisotopic (exact) mass is 205 g/mol. The van der Waals surface area contributed by atoms with E-state index < -0.39 is 0 Å². The van der Waals surface area contributed by atoms with Crippen molar-refractivity contribution in [1.82, 2.24) is 5.32 Å². The van der Waals surface area contributed by atoms with Crippen LogP contribution in [-0.2, 0) is 0 Å². The summed E-state index contributed by atoms with van der Waals surface area (Å²) in [5.41, 5.74) is 3.99. The van der Waals surface area contributed by atoms with Gasteiger partial charge in [-0.15, -0.1) is 0 Å². The Balaban J connectivity index is 2.35. The van der Waals surface area contributed by atoms with Gasteiger partial charge in [-0.25, -0.2) is 0 Å². The summed E-state index contributed by atoms with van der Waals surface area (Å²) in [5.74, 6) is 0.995. The van der Waals surface area contributed by atoms with E-state index in [4.69, 9.17) is 4.74 Å². The van der Waals surface area contributed by atoms with Gasteiger partial charge in [0.1, 0.15) is 5.75 Å². The van der Waals surface area contributed by atoms with Crippen LogP contribution in [0.25, 0.3) is 0 Å². The number of ether oxygens (including phenoxy) is 1. The van der Waals surface area contributed by atoms with E-state index in [-0.39, 0.29) is 0 Å². The van der Waals surface area contributed by atoms with Crippen molar-refractivity contribution in [2.24, 2.45) is 0 Å². The van der Waals surface area contributed by atoms with Gasteiger partial charge < -0.3 is 10.1 Å². The highest BCUT2D eigenvalue weighted by Crippen LogP contribution is 2.30. The molecule has 0 aliphatic carbocycles. The first-order chi connectivity index (χ1) is 7.22. The van der Waals surface area contributed by atoms with Gasteiger partial charge in [-0.05, 0) is 56.0 Å². The predicted molar refractivity (Wildman–Crippen MR) is 62.4 cm³/mol. The molecule has 1 aliphatic heterocycles. The average molecular weight is 205 g/mol. The summed E-state index contributed by atoms with van der Waals surface area (Å²) in [6.07, 6.45) is 2.54. The van der Waals surface area contributed by atoms with E-state index in [2.05, 4.69) is 31.3 Å². The second kappa shape index (κ2) is 4.23. The molecule has 0 spiro atoms. The van der Waals surface area contributed by atoms with Gasteiger partial charge in [-0.1, -0.05) is 6.07 Å². The standard InChI is InChI=1S/C13H19NO/c1-9-8-13(15-3)10(2)7-11(9)12-5-4-6-14-12/h7-8,12,14H,4-6H2,1-3H3. The fourth-order valence-corrected chi connectivity index (χ4v) is 2.36. The van der Waals surface area contributed by atoms with Crippen LogP contribution in [0.1, 0.15) is 35.6 Å². The Morgan fingerprint density at radius 2 is 2.07 bits per heavy atom. The third kappa shape index (κ3) is 2.00. The Morgan fingerprint density at radius 1 is 1.27 bits per heavy atom. The molecule has 1 heterocycles. The lowest BCUT2D eigenvalue weighted by Crippen LogP contribution is -2.14. The van der Waals surface area contributed by atoms with Gasteiger partial charge in [0.25, 0.3) is 0 Å². The lowest BCUT2D eigenvalue weighted by Gasteiger charge is -2.16. The lowest BCUT2D eigenvalue weighted by atomic mass is 9.97. The maximum atomic E-state index is 5.32. The fraction of sp³-hybridized carbons (Fsp3) is 0.538. The minimum Gasteiger partial charge on any atom is -0.496 e. The van der Waals surface area contributed by atoms with Crippen molar-refractivity contribution in [3.05, 3.63) is 28.8 Å². The third-order valence-electron chi connectivity index (χ3n) is 3.22. The fourth-order valence-electron chi connectivity index (χ4n) is 2.36.